The van der Waals surface area contributed by atoms with Gasteiger partial charge in [-0.25, -0.2) is 4.98 Å². The Labute approximate surface area is 128 Å². The summed E-state index contributed by atoms with van der Waals surface area (Å²) in [5.41, 5.74) is 0.544. The maximum absolute atomic E-state index is 12.8. The molecule has 1 aliphatic heterocycles. The van der Waals surface area contributed by atoms with Crippen molar-refractivity contribution in [3.63, 3.8) is 0 Å². The van der Waals surface area contributed by atoms with Crippen LogP contribution in [0.4, 0.5) is 0 Å². The fourth-order valence-electron chi connectivity index (χ4n) is 3.02. The maximum Gasteiger partial charge on any atom is 0.256 e. The third-order valence-corrected chi connectivity index (χ3v) is 4.61. The van der Waals surface area contributed by atoms with E-state index < -0.39 is 0 Å². The topological polar surface area (TPSA) is 53.4 Å². The number of halogens is 1. The molecule has 0 bridgehead atoms. The molecule has 1 N–H and O–H groups in total. The van der Waals surface area contributed by atoms with Crippen LogP contribution in [0.3, 0.4) is 0 Å². The number of benzene rings is 1. The van der Waals surface area contributed by atoms with Crippen LogP contribution >= 0.6 is 11.6 Å². The van der Waals surface area contributed by atoms with E-state index in [0.29, 0.717) is 23.2 Å². The number of carbonyl (C=O) groups excluding carboxylic acids is 1. The van der Waals surface area contributed by atoms with Gasteiger partial charge in [0, 0.05) is 18.1 Å². The monoisotopic (exact) mass is 304 g/mol. The zero-order valence-corrected chi connectivity index (χ0v) is 12.5. The molecule has 0 radical (unpaired) electrons. The third kappa shape index (κ3) is 2.39. The van der Waals surface area contributed by atoms with E-state index in [1.54, 1.807) is 4.90 Å². The summed E-state index contributed by atoms with van der Waals surface area (Å²) in [6, 6.07) is 7.37. The smallest absolute Gasteiger partial charge is 0.256 e. The summed E-state index contributed by atoms with van der Waals surface area (Å²) in [6.45, 7) is 2.72. The van der Waals surface area contributed by atoms with Gasteiger partial charge in [0.1, 0.15) is 5.15 Å². The van der Waals surface area contributed by atoms with Gasteiger partial charge in [0.25, 0.3) is 5.91 Å². The number of rotatable bonds is 2. The number of carbonyl (C=O) groups is 1. The summed E-state index contributed by atoms with van der Waals surface area (Å²) in [7, 11) is 0. The molecular weight excluding hydrogens is 288 g/mol. The summed E-state index contributed by atoms with van der Waals surface area (Å²) in [4.78, 5) is 18.7. The molecule has 0 aliphatic carbocycles. The largest absolute Gasteiger partial charge is 0.394 e. The summed E-state index contributed by atoms with van der Waals surface area (Å²) >= 11 is 6.10. The minimum absolute atomic E-state index is 0.00808. The second-order valence-corrected chi connectivity index (χ2v) is 5.88. The molecule has 110 valence electrons. The number of pyridine rings is 1. The molecule has 2 atom stereocenters. The van der Waals surface area contributed by atoms with Gasteiger partial charge in [0.15, 0.2) is 0 Å². The molecule has 5 heteroatoms. The number of aromatic nitrogens is 1. The van der Waals surface area contributed by atoms with Crippen molar-refractivity contribution in [2.45, 2.75) is 19.4 Å². The molecule has 2 aromatic rings. The third-order valence-electron chi connectivity index (χ3n) is 4.31. The molecule has 0 spiro atoms. The molecule has 1 amide bonds. The molecule has 21 heavy (non-hydrogen) atoms. The molecule has 1 aliphatic rings. The van der Waals surface area contributed by atoms with Crippen molar-refractivity contribution >= 4 is 28.3 Å². The van der Waals surface area contributed by atoms with Crippen LogP contribution in [0.2, 0.25) is 5.15 Å². The second kappa shape index (κ2) is 5.62. The van der Waals surface area contributed by atoms with Crippen molar-refractivity contribution in [1.29, 1.82) is 0 Å². The van der Waals surface area contributed by atoms with E-state index in [0.717, 1.165) is 17.2 Å². The van der Waals surface area contributed by atoms with Gasteiger partial charge in [-0.3, -0.25) is 4.79 Å². The van der Waals surface area contributed by atoms with Crippen molar-refractivity contribution in [1.82, 2.24) is 9.88 Å². The van der Waals surface area contributed by atoms with E-state index >= 15 is 0 Å². The average Bonchev–Trinajstić information content (AvgIpc) is 2.88. The number of hydrogen-bond donors (Lipinski definition) is 1. The molecule has 3 rings (SSSR count). The highest BCUT2D eigenvalue weighted by Gasteiger charge is 2.34. The van der Waals surface area contributed by atoms with E-state index in [9.17, 15) is 9.90 Å². The fourth-order valence-corrected chi connectivity index (χ4v) is 3.24. The van der Waals surface area contributed by atoms with Crippen molar-refractivity contribution in [2.75, 3.05) is 13.2 Å². The highest BCUT2D eigenvalue weighted by molar-refractivity contribution is 6.34. The van der Waals surface area contributed by atoms with Crippen LogP contribution < -0.4 is 0 Å². The number of amides is 1. The molecule has 4 nitrogen and oxygen atoms in total. The normalized spacial score (nSPS) is 22.0. The predicted octanol–water partition coefficient (Wildman–Crippen LogP) is 2.73. The summed E-state index contributed by atoms with van der Waals surface area (Å²) in [5, 5.41) is 11.5. The second-order valence-electron chi connectivity index (χ2n) is 5.52. The summed E-state index contributed by atoms with van der Waals surface area (Å²) in [6.07, 6.45) is 2.44. The van der Waals surface area contributed by atoms with Gasteiger partial charge >= 0.3 is 0 Å². The lowest BCUT2D eigenvalue weighted by Gasteiger charge is -2.25. The Balaban J connectivity index is 2.05. The van der Waals surface area contributed by atoms with Crippen LogP contribution in [0.25, 0.3) is 10.8 Å². The SMILES string of the molecule is CC1CCN(C(=O)c2cnc(Cl)c3ccccc23)C1CO. The lowest BCUT2D eigenvalue weighted by atomic mass is 10.0. The minimum atomic E-state index is -0.119. The lowest BCUT2D eigenvalue weighted by molar-refractivity contribution is 0.0650. The Bertz CT molecular complexity index is 689. The first kappa shape index (κ1) is 14.3. The van der Waals surface area contributed by atoms with Gasteiger partial charge < -0.3 is 10.0 Å². The first-order valence-electron chi connectivity index (χ1n) is 7.08. The van der Waals surface area contributed by atoms with Gasteiger partial charge in [0.05, 0.1) is 18.2 Å². The molecular formula is C16H17ClN2O2. The number of aliphatic hydroxyl groups is 1. The molecule has 0 saturated carbocycles. The summed E-state index contributed by atoms with van der Waals surface area (Å²) < 4.78 is 0. The molecule has 1 saturated heterocycles. The van der Waals surface area contributed by atoms with Crippen LogP contribution in [0.15, 0.2) is 30.5 Å². The quantitative estimate of drug-likeness (QED) is 0.868. The Morgan fingerprint density at radius 1 is 1.43 bits per heavy atom. The number of hydrogen-bond acceptors (Lipinski definition) is 3. The van der Waals surface area contributed by atoms with Gasteiger partial charge in [-0.1, -0.05) is 42.8 Å². The number of nitrogens with zero attached hydrogens (tertiary/aromatic N) is 2. The molecule has 2 heterocycles. The fraction of sp³-hybridized carbons (Fsp3) is 0.375. The molecule has 2 unspecified atom stereocenters. The van der Waals surface area contributed by atoms with Crippen LogP contribution in [0.5, 0.6) is 0 Å². The van der Waals surface area contributed by atoms with Crippen molar-refractivity contribution in [3.8, 4) is 0 Å². The van der Waals surface area contributed by atoms with Crippen molar-refractivity contribution < 1.29 is 9.90 Å². The van der Waals surface area contributed by atoms with Crippen molar-refractivity contribution in [2.24, 2.45) is 5.92 Å². The van der Waals surface area contributed by atoms with Gasteiger partial charge in [-0.05, 0) is 17.7 Å². The standard InChI is InChI=1S/C16H17ClN2O2/c1-10-6-7-19(14(10)9-20)16(21)13-8-18-15(17)12-5-3-2-4-11(12)13/h2-5,8,10,14,20H,6-7,9H2,1H3. The van der Waals surface area contributed by atoms with E-state index in [1.807, 2.05) is 24.3 Å². The van der Waals surface area contributed by atoms with Gasteiger partial charge in [-0.2, -0.15) is 0 Å². The highest BCUT2D eigenvalue weighted by atomic mass is 35.5. The van der Waals surface area contributed by atoms with E-state index in [4.69, 9.17) is 11.6 Å². The predicted molar refractivity (Wildman–Crippen MR) is 82.4 cm³/mol. The molecule has 1 fully saturated rings. The van der Waals surface area contributed by atoms with Crippen LogP contribution in [0, 0.1) is 5.92 Å². The first-order valence-corrected chi connectivity index (χ1v) is 7.46. The highest BCUT2D eigenvalue weighted by Crippen LogP contribution is 2.29. The average molecular weight is 305 g/mol. The number of fused-ring (bicyclic) bond motifs is 1. The zero-order valence-electron chi connectivity index (χ0n) is 11.8. The zero-order chi connectivity index (χ0) is 15.0. The minimum Gasteiger partial charge on any atom is -0.394 e. The first-order chi connectivity index (χ1) is 10.1. The van der Waals surface area contributed by atoms with E-state index in [-0.39, 0.29) is 18.6 Å². The maximum atomic E-state index is 12.8. The Kier molecular flexibility index (Phi) is 3.83. The molecule has 1 aromatic carbocycles. The molecule has 1 aromatic heterocycles. The van der Waals surface area contributed by atoms with Crippen LogP contribution in [-0.4, -0.2) is 40.1 Å². The Morgan fingerprint density at radius 2 is 2.14 bits per heavy atom. The van der Waals surface area contributed by atoms with Crippen LogP contribution in [-0.2, 0) is 0 Å². The van der Waals surface area contributed by atoms with E-state index in [1.165, 1.54) is 6.20 Å². The Morgan fingerprint density at radius 3 is 2.86 bits per heavy atom. The summed E-state index contributed by atoms with van der Waals surface area (Å²) in [5.74, 6) is 0.226. The lowest BCUT2D eigenvalue weighted by Crippen LogP contribution is -2.39. The number of aliphatic hydroxyl groups excluding tert-OH is 1. The van der Waals surface area contributed by atoms with Gasteiger partial charge in [0.2, 0.25) is 0 Å². The van der Waals surface area contributed by atoms with Gasteiger partial charge in [-0.15, -0.1) is 0 Å². The van der Waals surface area contributed by atoms with E-state index in [2.05, 4.69) is 11.9 Å². The Hall–Kier alpha value is -1.65. The van der Waals surface area contributed by atoms with Crippen molar-refractivity contribution in [3.05, 3.63) is 41.2 Å². The number of likely N-dealkylation sites (tertiary alicyclic amines) is 1. The van der Waals surface area contributed by atoms with Crippen LogP contribution in [0.1, 0.15) is 23.7 Å².